The molecule has 0 aliphatic carbocycles. The molecule has 0 radical (unpaired) electrons. The van der Waals surface area contributed by atoms with Gasteiger partial charge in [-0.2, -0.15) is 0 Å². The molecule has 4 heteroatoms. The van der Waals surface area contributed by atoms with Gasteiger partial charge in [0.1, 0.15) is 0 Å². The third kappa shape index (κ3) is 3.67. The Morgan fingerprint density at radius 2 is 1.71 bits per heavy atom. The number of rotatable bonds is 3. The highest BCUT2D eigenvalue weighted by atomic mass is 79.9. The lowest BCUT2D eigenvalue weighted by atomic mass is 9.96. The van der Waals surface area contributed by atoms with Gasteiger partial charge in [0, 0.05) is 35.7 Å². The molecule has 2 nitrogen and oxygen atoms in total. The maximum absolute atomic E-state index is 6.04. The van der Waals surface area contributed by atoms with Crippen molar-refractivity contribution >= 4 is 27.5 Å². The van der Waals surface area contributed by atoms with Crippen LogP contribution in [0.5, 0.6) is 0 Å². The van der Waals surface area contributed by atoms with Gasteiger partial charge in [-0.05, 0) is 35.4 Å². The molecule has 2 aromatic rings. The van der Waals surface area contributed by atoms with E-state index in [1.165, 1.54) is 11.1 Å². The van der Waals surface area contributed by atoms with Gasteiger partial charge in [-0.15, -0.1) is 0 Å². The molecule has 3 rings (SSSR count). The Morgan fingerprint density at radius 3 is 2.38 bits per heavy atom. The van der Waals surface area contributed by atoms with Crippen molar-refractivity contribution in [2.75, 3.05) is 26.2 Å². The Kier molecular flexibility index (Phi) is 4.96. The molecular formula is C17H18BrClN2. The molecule has 21 heavy (non-hydrogen) atoms. The first-order valence-corrected chi connectivity index (χ1v) is 8.37. The zero-order valence-electron chi connectivity index (χ0n) is 11.7. The molecule has 1 N–H and O–H groups in total. The Bertz CT molecular complexity index is 594. The minimum Gasteiger partial charge on any atom is -0.314 e. The molecule has 0 amide bonds. The molecule has 0 spiro atoms. The number of benzene rings is 2. The van der Waals surface area contributed by atoms with Crippen LogP contribution >= 0.6 is 27.5 Å². The lowest BCUT2D eigenvalue weighted by molar-refractivity contribution is 0.198. The van der Waals surface area contributed by atoms with Crippen LogP contribution in [0.4, 0.5) is 0 Å². The van der Waals surface area contributed by atoms with Crippen molar-refractivity contribution in [1.29, 1.82) is 0 Å². The molecule has 1 saturated heterocycles. The van der Waals surface area contributed by atoms with Gasteiger partial charge in [0.2, 0.25) is 0 Å². The van der Waals surface area contributed by atoms with Crippen molar-refractivity contribution < 1.29 is 0 Å². The van der Waals surface area contributed by atoms with Gasteiger partial charge in [0.25, 0.3) is 0 Å². The number of hydrogen-bond acceptors (Lipinski definition) is 2. The van der Waals surface area contributed by atoms with Gasteiger partial charge in [-0.3, -0.25) is 4.90 Å². The molecule has 1 unspecified atom stereocenters. The lowest BCUT2D eigenvalue weighted by Gasteiger charge is -2.35. The average Bonchev–Trinajstić information content (AvgIpc) is 2.51. The first-order valence-electron chi connectivity index (χ1n) is 7.20. The second-order valence-electron chi connectivity index (χ2n) is 5.30. The number of piperazine rings is 1. The van der Waals surface area contributed by atoms with Crippen molar-refractivity contribution in [2.24, 2.45) is 0 Å². The van der Waals surface area contributed by atoms with Crippen molar-refractivity contribution in [1.82, 2.24) is 10.2 Å². The third-order valence-corrected chi connectivity index (χ3v) is 4.61. The smallest absolute Gasteiger partial charge is 0.0603 e. The fourth-order valence-electron chi connectivity index (χ4n) is 2.88. The van der Waals surface area contributed by atoms with Crippen LogP contribution in [0.15, 0.2) is 53.0 Å². The molecule has 0 saturated carbocycles. The number of nitrogens with one attached hydrogen (secondary N) is 1. The third-order valence-electron chi connectivity index (χ3n) is 3.87. The van der Waals surface area contributed by atoms with Crippen LogP contribution in [0, 0.1) is 0 Å². The lowest BCUT2D eigenvalue weighted by Crippen LogP contribution is -2.45. The Labute approximate surface area is 139 Å². The molecule has 110 valence electrons. The summed E-state index contributed by atoms with van der Waals surface area (Å²) >= 11 is 9.63. The summed E-state index contributed by atoms with van der Waals surface area (Å²) in [6.45, 7) is 4.19. The summed E-state index contributed by atoms with van der Waals surface area (Å²) in [6.07, 6.45) is 0. The summed E-state index contributed by atoms with van der Waals surface area (Å²) in [5.41, 5.74) is 2.60. The van der Waals surface area contributed by atoms with Gasteiger partial charge in [-0.25, -0.2) is 0 Å². The zero-order chi connectivity index (χ0) is 14.7. The topological polar surface area (TPSA) is 15.3 Å². The van der Waals surface area contributed by atoms with Crippen molar-refractivity contribution in [3.05, 3.63) is 69.2 Å². The minimum atomic E-state index is 0.280. The molecule has 1 aliphatic rings. The zero-order valence-corrected chi connectivity index (χ0v) is 14.1. The molecule has 1 heterocycles. The van der Waals surface area contributed by atoms with Crippen LogP contribution in [0.3, 0.4) is 0 Å². The van der Waals surface area contributed by atoms with Gasteiger partial charge < -0.3 is 5.32 Å². The maximum Gasteiger partial charge on any atom is 0.0603 e. The summed E-state index contributed by atoms with van der Waals surface area (Å²) < 4.78 is 1.12. The summed E-state index contributed by atoms with van der Waals surface area (Å²) in [5, 5.41) is 4.21. The van der Waals surface area contributed by atoms with Crippen LogP contribution in [0.2, 0.25) is 5.02 Å². The van der Waals surface area contributed by atoms with Crippen LogP contribution in [-0.4, -0.2) is 31.1 Å². The monoisotopic (exact) mass is 364 g/mol. The quantitative estimate of drug-likeness (QED) is 0.881. The predicted octanol–water partition coefficient (Wildman–Crippen LogP) is 4.10. The highest BCUT2D eigenvalue weighted by Crippen LogP contribution is 2.31. The molecule has 1 aliphatic heterocycles. The van der Waals surface area contributed by atoms with E-state index in [2.05, 4.69) is 62.5 Å². The molecule has 1 fully saturated rings. The van der Waals surface area contributed by atoms with E-state index in [4.69, 9.17) is 11.6 Å². The van der Waals surface area contributed by atoms with E-state index in [-0.39, 0.29) is 6.04 Å². The molecule has 2 aromatic carbocycles. The largest absolute Gasteiger partial charge is 0.314 e. The highest BCUT2D eigenvalue weighted by Gasteiger charge is 2.23. The SMILES string of the molecule is Clc1ccc(C(c2cccc(Br)c2)N2CCNCC2)cc1. The standard InChI is InChI=1S/C17H18BrClN2/c18-15-3-1-2-14(12-15)17(21-10-8-20-9-11-21)13-4-6-16(19)7-5-13/h1-7,12,17,20H,8-11H2. The Hall–Kier alpha value is -0.870. The van der Waals surface area contributed by atoms with Crippen molar-refractivity contribution in [3.8, 4) is 0 Å². The van der Waals surface area contributed by atoms with E-state index in [1.807, 2.05) is 12.1 Å². The maximum atomic E-state index is 6.04. The van der Waals surface area contributed by atoms with Gasteiger partial charge in [0.05, 0.1) is 6.04 Å². The second-order valence-corrected chi connectivity index (χ2v) is 6.65. The van der Waals surface area contributed by atoms with E-state index < -0.39 is 0 Å². The summed E-state index contributed by atoms with van der Waals surface area (Å²) in [4.78, 5) is 2.53. The first-order chi connectivity index (χ1) is 10.2. The Balaban J connectivity index is 1.99. The second kappa shape index (κ2) is 6.93. The minimum absolute atomic E-state index is 0.280. The number of halogens is 2. The summed E-state index contributed by atoms with van der Waals surface area (Å²) in [5.74, 6) is 0. The van der Waals surface area contributed by atoms with E-state index in [0.717, 1.165) is 35.7 Å². The fourth-order valence-corrected chi connectivity index (χ4v) is 3.42. The van der Waals surface area contributed by atoms with E-state index >= 15 is 0 Å². The normalized spacial score (nSPS) is 17.6. The highest BCUT2D eigenvalue weighted by molar-refractivity contribution is 9.10. The van der Waals surface area contributed by atoms with Crippen LogP contribution in [0.25, 0.3) is 0 Å². The van der Waals surface area contributed by atoms with E-state index in [1.54, 1.807) is 0 Å². The first kappa shape index (κ1) is 15.0. The van der Waals surface area contributed by atoms with Gasteiger partial charge >= 0.3 is 0 Å². The van der Waals surface area contributed by atoms with E-state index in [0.29, 0.717) is 0 Å². The molecule has 0 bridgehead atoms. The van der Waals surface area contributed by atoms with Gasteiger partial charge in [0.15, 0.2) is 0 Å². The molecular weight excluding hydrogens is 348 g/mol. The van der Waals surface area contributed by atoms with E-state index in [9.17, 15) is 0 Å². The predicted molar refractivity (Wildman–Crippen MR) is 91.9 cm³/mol. The van der Waals surface area contributed by atoms with Crippen LogP contribution in [0.1, 0.15) is 17.2 Å². The number of nitrogens with zero attached hydrogens (tertiary/aromatic N) is 1. The van der Waals surface area contributed by atoms with Crippen LogP contribution in [-0.2, 0) is 0 Å². The fraction of sp³-hybridized carbons (Fsp3) is 0.294. The average molecular weight is 366 g/mol. The number of hydrogen-bond donors (Lipinski definition) is 1. The van der Waals surface area contributed by atoms with Gasteiger partial charge in [-0.1, -0.05) is 51.8 Å². The molecule has 0 aromatic heterocycles. The molecule has 1 atom stereocenters. The Morgan fingerprint density at radius 1 is 1.00 bits per heavy atom. The van der Waals surface area contributed by atoms with Crippen molar-refractivity contribution in [2.45, 2.75) is 6.04 Å². The van der Waals surface area contributed by atoms with Crippen LogP contribution < -0.4 is 5.32 Å². The summed E-state index contributed by atoms with van der Waals surface area (Å²) in [6, 6.07) is 17.1. The van der Waals surface area contributed by atoms with Crippen molar-refractivity contribution in [3.63, 3.8) is 0 Å². The summed E-state index contributed by atoms with van der Waals surface area (Å²) in [7, 11) is 0.